The van der Waals surface area contributed by atoms with Crippen molar-refractivity contribution in [1.29, 1.82) is 0 Å². The predicted octanol–water partition coefficient (Wildman–Crippen LogP) is 1.49. The molecule has 0 aromatic heterocycles. The Morgan fingerprint density at radius 3 is 2.26 bits per heavy atom. The molecule has 9 nitrogen and oxygen atoms in total. The molecule has 0 unspecified atom stereocenters. The van der Waals surface area contributed by atoms with Crippen LogP contribution in [0.25, 0.3) is 0 Å². The highest BCUT2D eigenvalue weighted by atomic mass is 32.2. The Morgan fingerprint density at radius 2 is 1.74 bits per heavy atom. The van der Waals surface area contributed by atoms with Gasteiger partial charge in [-0.2, -0.15) is 8.42 Å². The van der Waals surface area contributed by atoms with Gasteiger partial charge in [0.05, 0.1) is 12.9 Å². The first-order valence-electron chi connectivity index (χ1n) is 8.21. The Kier molecular flexibility index (Phi) is 8.20. The SMILES string of the molecule is C[C@@H](OS(C)(=O)=O)[C@H](NC(=O)OC(C)(C)C)C(=O)NOCc1ccccc1. The van der Waals surface area contributed by atoms with Crippen molar-refractivity contribution in [3.8, 4) is 0 Å². The lowest BCUT2D eigenvalue weighted by Crippen LogP contribution is -2.54. The van der Waals surface area contributed by atoms with Crippen molar-refractivity contribution in [2.75, 3.05) is 6.26 Å². The summed E-state index contributed by atoms with van der Waals surface area (Å²) in [7, 11) is -3.85. The Balaban J connectivity index is 2.75. The predicted molar refractivity (Wildman–Crippen MR) is 97.9 cm³/mol. The number of carbonyl (C=O) groups is 2. The zero-order valence-electron chi connectivity index (χ0n) is 16.0. The molecule has 152 valence electrons. The lowest BCUT2D eigenvalue weighted by molar-refractivity contribution is -0.138. The van der Waals surface area contributed by atoms with Crippen molar-refractivity contribution < 1.29 is 31.8 Å². The average Bonchev–Trinajstić information content (AvgIpc) is 2.50. The van der Waals surface area contributed by atoms with Crippen LogP contribution in [0.4, 0.5) is 4.79 Å². The summed E-state index contributed by atoms with van der Waals surface area (Å²) in [5.41, 5.74) is 2.20. The smallest absolute Gasteiger partial charge is 0.408 e. The van der Waals surface area contributed by atoms with Crippen LogP contribution < -0.4 is 10.8 Å². The van der Waals surface area contributed by atoms with E-state index in [4.69, 9.17) is 13.8 Å². The molecule has 0 aliphatic carbocycles. The fraction of sp³-hybridized carbons (Fsp3) is 0.529. The zero-order chi connectivity index (χ0) is 20.7. The molecule has 0 bridgehead atoms. The average molecular weight is 402 g/mol. The summed E-state index contributed by atoms with van der Waals surface area (Å²) < 4.78 is 32.6. The maximum Gasteiger partial charge on any atom is 0.408 e. The third-order valence-electron chi connectivity index (χ3n) is 3.01. The van der Waals surface area contributed by atoms with Crippen molar-refractivity contribution in [1.82, 2.24) is 10.8 Å². The molecule has 0 aliphatic rings. The molecule has 0 fully saturated rings. The molecule has 1 rings (SSSR count). The fourth-order valence-corrected chi connectivity index (χ4v) is 2.65. The van der Waals surface area contributed by atoms with E-state index in [1.54, 1.807) is 32.9 Å². The summed E-state index contributed by atoms with van der Waals surface area (Å²) >= 11 is 0. The van der Waals surface area contributed by atoms with E-state index in [1.165, 1.54) is 6.92 Å². The van der Waals surface area contributed by atoms with Gasteiger partial charge < -0.3 is 10.1 Å². The van der Waals surface area contributed by atoms with E-state index in [1.807, 2.05) is 18.2 Å². The standard InChI is InChI=1S/C17H26N2O7S/c1-12(26-27(5,22)23)14(18-16(21)25-17(2,3)4)15(20)19-24-11-13-9-7-6-8-10-13/h6-10,12,14H,11H2,1-5H3,(H,18,21)(H,19,20)/t12-,14+/m1/s1. The summed E-state index contributed by atoms with van der Waals surface area (Å²) in [5.74, 6) is -0.784. The lowest BCUT2D eigenvalue weighted by Gasteiger charge is -2.26. The molecule has 10 heteroatoms. The number of ether oxygens (including phenoxy) is 1. The first kappa shape index (κ1) is 22.9. The number of benzene rings is 1. The Morgan fingerprint density at radius 1 is 1.15 bits per heavy atom. The van der Waals surface area contributed by atoms with Crippen molar-refractivity contribution in [2.45, 2.75) is 52.0 Å². The first-order valence-corrected chi connectivity index (χ1v) is 10.0. The number of nitrogens with one attached hydrogen (secondary N) is 2. The number of amides is 2. The Bertz CT molecular complexity index is 729. The lowest BCUT2D eigenvalue weighted by atomic mass is 10.2. The van der Waals surface area contributed by atoms with E-state index in [2.05, 4.69) is 10.8 Å². The highest BCUT2D eigenvalue weighted by Crippen LogP contribution is 2.09. The summed E-state index contributed by atoms with van der Waals surface area (Å²) in [6, 6.07) is 7.72. The third-order valence-corrected chi connectivity index (χ3v) is 3.66. The highest BCUT2D eigenvalue weighted by Gasteiger charge is 2.32. The number of hydrogen-bond donors (Lipinski definition) is 2. The van der Waals surface area contributed by atoms with Crippen LogP contribution in [0.5, 0.6) is 0 Å². The van der Waals surface area contributed by atoms with Gasteiger partial charge in [0.15, 0.2) is 0 Å². The monoisotopic (exact) mass is 402 g/mol. The van der Waals surface area contributed by atoms with Gasteiger partial charge in [-0.3, -0.25) is 13.8 Å². The summed E-state index contributed by atoms with van der Waals surface area (Å²) in [4.78, 5) is 29.5. The minimum Gasteiger partial charge on any atom is -0.444 e. The second kappa shape index (κ2) is 9.67. The fourth-order valence-electron chi connectivity index (χ4n) is 1.99. The molecule has 2 atom stereocenters. The van der Waals surface area contributed by atoms with E-state index < -0.39 is 39.9 Å². The molecule has 2 N–H and O–H groups in total. The molecule has 0 saturated heterocycles. The van der Waals surface area contributed by atoms with Gasteiger partial charge in [0.1, 0.15) is 17.7 Å². The van der Waals surface area contributed by atoms with Crippen LogP contribution in [-0.2, 0) is 35.3 Å². The van der Waals surface area contributed by atoms with Crippen molar-refractivity contribution in [2.24, 2.45) is 0 Å². The zero-order valence-corrected chi connectivity index (χ0v) is 16.8. The third kappa shape index (κ3) is 9.92. The number of hydrogen-bond acceptors (Lipinski definition) is 7. The second-order valence-electron chi connectivity index (χ2n) is 6.87. The van der Waals surface area contributed by atoms with Gasteiger partial charge in [0.2, 0.25) is 0 Å². The van der Waals surface area contributed by atoms with E-state index in [0.717, 1.165) is 11.8 Å². The molecular weight excluding hydrogens is 376 g/mol. The summed E-state index contributed by atoms with van der Waals surface area (Å²) in [6.07, 6.45) is -1.24. The molecule has 0 aliphatic heterocycles. The highest BCUT2D eigenvalue weighted by molar-refractivity contribution is 7.86. The molecule has 27 heavy (non-hydrogen) atoms. The van der Waals surface area contributed by atoms with Gasteiger partial charge in [-0.05, 0) is 33.3 Å². The molecule has 0 radical (unpaired) electrons. The van der Waals surface area contributed by atoms with Gasteiger partial charge in [0.25, 0.3) is 16.0 Å². The molecule has 1 aromatic carbocycles. The largest absolute Gasteiger partial charge is 0.444 e. The van der Waals surface area contributed by atoms with Crippen LogP contribution in [0.1, 0.15) is 33.3 Å². The first-order chi connectivity index (χ1) is 12.4. The second-order valence-corrected chi connectivity index (χ2v) is 8.47. The summed E-state index contributed by atoms with van der Waals surface area (Å²) in [5, 5.41) is 2.30. The van der Waals surface area contributed by atoms with E-state index in [-0.39, 0.29) is 6.61 Å². The summed E-state index contributed by atoms with van der Waals surface area (Å²) in [6.45, 7) is 6.39. The van der Waals surface area contributed by atoms with Gasteiger partial charge in [0, 0.05) is 0 Å². The Labute approximate surface area is 159 Å². The van der Waals surface area contributed by atoms with Crippen LogP contribution >= 0.6 is 0 Å². The van der Waals surface area contributed by atoms with Gasteiger partial charge in [-0.1, -0.05) is 30.3 Å². The maximum absolute atomic E-state index is 12.4. The van der Waals surface area contributed by atoms with Crippen molar-refractivity contribution in [3.63, 3.8) is 0 Å². The van der Waals surface area contributed by atoms with Crippen molar-refractivity contribution >= 4 is 22.1 Å². The van der Waals surface area contributed by atoms with Gasteiger partial charge >= 0.3 is 6.09 Å². The number of carbonyl (C=O) groups excluding carboxylic acids is 2. The molecular formula is C17H26N2O7S. The number of alkyl carbamates (subject to hydrolysis) is 1. The van der Waals surface area contributed by atoms with Gasteiger partial charge in [-0.15, -0.1) is 0 Å². The molecule has 1 aromatic rings. The van der Waals surface area contributed by atoms with E-state index in [0.29, 0.717) is 0 Å². The Hall–Kier alpha value is -2.17. The van der Waals surface area contributed by atoms with E-state index >= 15 is 0 Å². The quantitative estimate of drug-likeness (QED) is 0.499. The molecule has 0 heterocycles. The van der Waals surface area contributed by atoms with Crippen LogP contribution in [0.3, 0.4) is 0 Å². The maximum atomic E-state index is 12.4. The van der Waals surface area contributed by atoms with E-state index in [9.17, 15) is 18.0 Å². The molecule has 0 spiro atoms. The minimum absolute atomic E-state index is 0.0903. The van der Waals surface area contributed by atoms with Crippen LogP contribution in [0.2, 0.25) is 0 Å². The van der Waals surface area contributed by atoms with Gasteiger partial charge in [-0.25, -0.2) is 10.3 Å². The number of rotatable bonds is 8. The van der Waals surface area contributed by atoms with Crippen LogP contribution in [-0.4, -0.2) is 44.4 Å². The van der Waals surface area contributed by atoms with Crippen LogP contribution in [0, 0.1) is 0 Å². The van der Waals surface area contributed by atoms with Crippen molar-refractivity contribution in [3.05, 3.63) is 35.9 Å². The minimum atomic E-state index is -3.85. The normalized spacial score (nSPS) is 14.1. The molecule has 0 saturated carbocycles. The topological polar surface area (TPSA) is 120 Å². The van der Waals surface area contributed by atoms with Crippen LogP contribution in [0.15, 0.2) is 30.3 Å². The number of hydroxylamine groups is 1. The molecule has 2 amide bonds.